The second-order valence-corrected chi connectivity index (χ2v) is 5.72. The third kappa shape index (κ3) is 2.72. The zero-order chi connectivity index (χ0) is 13.9. The average Bonchev–Trinajstić information content (AvgIpc) is 2.47. The molecule has 0 bridgehead atoms. The summed E-state index contributed by atoms with van der Waals surface area (Å²) in [7, 11) is 0. The van der Waals surface area contributed by atoms with Crippen LogP contribution in [0.5, 0.6) is 0 Å². The van der Waals surface area contributed by atoms with Crippen LogP contribution in [0.2, 0.25) is 5.15 Å². The summed E-state index contributed by atoms with van der Waals surface area (Å²) in [6.45, 7) is 4.31. The summed E-state index contributed by atoms with van der Waals surface area (Å²) in [5, 5.41) is 0.577. The van der Waals surface area contributed by atoms with Crippen LogP contribution in [-0.4, -0.2) is 16.4 Å². The Morgan fingerprint density at radius 1 is 1.30 bits per heavy atom. The Morgan fingerprint density at radius 2 is 2.15 bits per heavy atom. The summed E-state index contributed by atoms with van der Waals surface area (Å²) in [5.74, 6) is 0. The molecule has 0 saturated heterocycles. The van der Waals surface area contributed by atoms with Gasteiger partial charge < -0.3 is 0 Å². The minimum atomic E-state index is 0.506. The molecule has 20 heavy (non-hydrogen) atoms. The molecule has 2 heterocycles. The highest BCUT2D eigenvalue weighted by atomic mass is 35.5. The minimum absolute atomic E-state index is 0.506. The van der Waals surface area contributed by atoms with Gasteiger partial charge in [-0.2, -0.15) is 0 Å². The van der Waals surface area contributed by atoms with Crippen molar-refractivity contribution in [3.8, 4) is 0 Å². The molecule has 104 valence electrons. The first-order valence-corrected chi connectivity index (χ1v) is 7.58. The average molecular weight is 287 g/mol. The van der Waals surface area contributed by atoms with E-state index in [0.717, 1.165) is 25.9 Å². The van der Waals surface area contributed by atoms with Crippen molar-refractivity contribution in [2.24, 2.45) is 0 Å². The lowest BCUT2D eigenvalue weighted by atomic mass is 9.91. The van der Waals surface area contributed by atoms with Crippen molar-refractivity contribution in [2.45, 2.75) is 32.4 Å². The molecular weight excluding hydrogens is 268 g/mol. The lowest BCUT2D eigenvalue weighted by Crippen LogP contribution is -2.34. The lowest BCUT2D eigenvalue weighted by molar-refractivity contribution is 0.171. The molecule has 0 fully saturated rings. The lowest BCUT2D eigenvalue weighted by Gasteiger charge is -2.37. The maximum absolute atomic E-state index is 5.98. The van der Waals surface area contributed by atoms with Crippen molar-refractivity contribution < 1.29 is 0 Å². The fourth-order valence-electron chi connectivity index (χ4n) is 3.15. The summed E-state index contributed by atoms with van der Waals surface area (Å²) in [4.78, 5) is 6.60. The van der Waals surface area contributed by atoms with E-state index in [0.29, 0.717) is 11.2 Å². The van der Waals surface area contributed by atoms with E-state index in [-0.39, 0.29) is 0 Å². The molecule has 2 aromatic rings. The molecule has 1 aliphatic heterocycles. The van der Waals surface area contributed by atoms with Crippen molar-refractivity contribution in [1.29, 1.82) is 0 Å². The number of benzene rings is 1. The third-order valence-corrected chi connectivity index (χ3v) is 4.29. The van der Waals surface area contributed by atoms with E-state index in [1.807, 2.05) is 6.07 Å². The van der Waals surface area contributed by atoms with E-state index >= 15 is 0 Å². The first-order chi connectivity index (χ1) is 9.78. The molecule has 3 rings (SSSR count). The smallest absolute Gasteiger partial charge is 0.129 e. The Labute approximate surface area is 125 Å². The number of hydrogen-bond acceptors (Lipinski definition) is 2. The second kappa shape index (κ2) is 5.94. The molecule has 0 radical (unpaired) electrons. The van der Waals surface area contributed by atoms with Crippen LogP contribution in [0.4, 0.5) is 0 Å². The van der Waals surface area contributed by atoms with Gasteiger partial charge in [-0.15, -0.1) is 0 Å². The van der Waals surface area contributed by atoms with E-state index < -0.39 is 0 Å². The zero-order valence-electron chi connectivity index (χ0n) is 11.7. The van der Waals surface area contributed by atoms with Crippen molar-refractivity contribution in [2.75, 3.05) is 6.54 Å². The number of nitrogens with zero attached hydrogens (tertiary/aromatic N) is 2. The molecule has 0 amide bonds. The normalized spacial score (nSPS) is 18.8. The number of halogens is 1. The Balaban J connectivity index is 1.84. The van der Waals surface area contributed by atoms with E-state index in [9.17, 15) is 0 Å². The molecule has 1 aromatic carbocycles. The number of rotatable bonds is 3. The molecule has 0 N–H and O–H groups in total. The predicted octanol–water partition coefficient (Wildman–Crippen LogP) is 4.24. The van der Waals surface area contributed by atoms with Crippen LogP contribution < -0.4 is 0 Å². The second-order valence-electron chi connectivity index (χ2n) is 5.33. The quantitative estimate of drug-likeness (QED) is 0.785. The van der Waals surface area contributed by atoms with E-state index in [4.69, 9.17) is 11.6 Å². The van der Waals surface area contributed by atoms with Gasteiger partial charge in [0.2, 0.25) is 0 Å². The summed E-state index contributed by atoms with van der Waals surface area (Å²) < 4.78 is 0. The molecule has 1 unspecified atom stereocenters. The highest BCUT2D eigenvalue weighted by Crippen LogP contribution is 2.33. The Kier molecular flexibility index (Phi) is 4.04. The van der Waals surface area contributed by atoms with E-state index in [1.165, 1.54) is 16.7 Å². The van der Waals surface area contributed by atoms with Crippen LogP contribution in [-0.2, 0) is 13.0 Å². The molecule has 1 atom stereocenters. The molecule has 0 aliphatic carbocycles. The fraction of sp³-hybridized carbons (Fsp3) is 0.353. The number of pyridine rings is 1. The first-order valence-electron chi connectivity index (χ1n) is 7.20. The van der Waals surface area contributed by atoms with Gasteiger partial charge in [-0.05, 0) is 41.7 Å². The van der Waals surface area contributed by atoms with Gasteiger partial charge in [-0.3, -0.25) is 4.90 Å². The van der Waals surface area contributed by atoms with E-state index in [1.54, 1.807) is 6.20 Å². The van der Waals surface area contributed by atoms with E-state index in [2.05, 4.69) is 47.1 Å². The first kappa shape index (κ1) is 13.6. The number of fused-ring (bicyclic) bond motifs is 1. The van der Waals surface area contributed by atoms with Crippen LogP contribution in [0, 0.1) is 0 Å². The highest BCUT2D eigenvalue weighted by Gasteiger charge is 2.25. The zero-order valence-corrected chi connectivity index (χ0v) is 12.5. The van der Waals surface area contributed by atoms with Gasteiger partial charge >= 0.3 is 0 Å². The maximum atomic E-state index is 5.98. The van der Waals surface area contributed by atoms with Crippen molar-refractivity contribution >= 4 is 11.6 Å². The minimum Gasteiger partial charge on any atom is -0.292 e. The Bertz CT molecular complexity index is 597. The SMILES string of the molecule is CCC1c2ccccc2CCN1Cc1ccnc(Cl)c1. The largest absolute Gasteiger partial charge is 0.292 e. The molecule has 1 aromatic heterocycles. The van der Waals surface area contributed by atoms with Crippen LogP contribution in [0.15, 0.2) is 42.6 Å². The molecular formula is C17H19ClN2. The molecule has 2 nitrogen and oxygen atoms in total. The topological polar surface area (TPSA) is 16.1 Å². The Hall–Kier alpha value is -1.38. The Morgan fingerprint density at radius 3 is 2.95 bits per heavy atom. The van der Waals surface area contributed by atoms with Gasteiger partial charge in [-0.25, -0.2) is 4.98 Å². The van der Waals surface area contributed by atoms with Crippen LogP contribution in [0.1, 0.15) is 36.1 Å². The highest BCUT2D eigenvalue weighted by molar-refractivity contribution is 6.29. The predicted molar refractivity (Wildman–Crippen MR) is 82.8 cm³/mol. The molecule has 0 saturated carbocycles. The molecule has 3 heteroatoms. The van der Waals surface area contributed by atoms with Crippen molar-refractivity contribution in [3.05, 3.63) is 64.4 Å². The summed E-state index contributed by atoms with van der Waals surface area (Å²) in [6.07, 6.45) is 4.05. The molecule has 1 aliphatic rings. The van der Waals surface area contributed by atoms with Gasteiger partial charge in [0, 0.05) is 25.3 Å². The van der Waals surface area contributed by atoms with Gasteiger partial charge in [0.05, 0.1) is 0 Å². The number of hydrogen-bond donors (Lipinski definition) is 0. The van der Waals surface area contributed by atoms with Crippen LogP contribution in [0.3, 0.4) is 0 Å². The standard InChI is InChI=1S/C17H19ClN2/c1-2-16-15-6-4-3-5-14(15)8-10-20(16)12-13-7-9-19-17(18)11-13/h3-7,9,11,16H,2,8,10,12H2,1H3. The van der Waals surface area contributed by atoms with Crippen LogP contribution in [0.25, 0.3) is 0 Å². The summed E-state index contributed by atoms with van der Waals surface area (Å²) in [5.41, 5.74) is 4.23. The summed E-state index contributed by atoms with van der Waals surface area (Å²) in [6, 6.07) is 13.4. The monoisotopic (exact) mass is 286 g/mol. The number of aromatic nitrogens is 1. The van der Waals surface area contributed by atoms with Crippen LogP contribution >= 0.6 is 11.6 Å². The molecule has 0 spiro atoms. The van der Waals surface area contributed by atoms with Gasteiger partial charge in [0.15, 0.2) is 0 Å². The third-order valence-electron chi connectivity index (χ3n) is 4.09. The van der Waals surface area contributed by atoms with Gasteiger partial charge in [0.1, 0.15) is 5.15 Å². The maximum Gasteiger partial charge on any atom is 0.129 e. The fourth-order valence-corrected chi connectivity index (χ4v) is 3.34. The van der Waals surface area contributed by atoms with Crippen molar-refractivity contribution in [3.63, 3.8) is 0 Å². The summed E-state index contributed by atoms with van der Waals surface area (Å²) >= 11 is 5.98. The van der Waals surface area contributed by atoms with Gasteiger partial charge in [-0.1, -0.05) is 42.8 Å². The van der Waals surface area contributed by atoms with Gasteiger partial charge in [0.25, 0.3) is 0 Å². The van der Waals surface area contributed by atoms with Crippen molar-refractivity contribution in [1.82, 2.24) is 9.88 Å².